The van der Waals surface area contributed by atoms with Gasteiger partial charge < -0.3 is 4.42 Å². The van der Waals surface area contributed by atoms with Gasteiger partial charge in [-0.3, -0.25) is 0 Å². The van der Waals surface area contributed by atoms with E-state index >= 15 is 0 Å². The van der Waals surface area contributed by atoms with E-state index < -0.39 is 0 Å². The van der Waals surface area contributed by atoms with Crippen LogP contribution in [0.2, 0.25) is 0 Å². The molecule has 0 atom stereocenters. The molecule has 3 heterocycles. The number of rotatable bonds is 5. The molecule has 11 rings (SSSR count). The summed E-state index contributed by atoms with van der Waals surface area (Å²) in [5, 5.41) is 5.69. The van der Waals surface area contributed by atoms with Crippen LogP contribution in [0.5, 0.6) is 0 Å². The molecule has 3 nitrogen and oxygen atoms in total. The molecule has 3 aromatic heterocycles. The van der Waals surface area contributed by atoms with Crippen LogP contribution in [-0.4, -0.2) is 9.97 Å². The van der Waals surface area contributed by atoms with Gasteiger partial charge in [0.1, 0.15) is 11.2 Å². The van der Waals surface area contributed by atoms with Gasteiger partial charge in [-0.25, -0.2) is 9.97 Å². The molecule has 252 valence electrons. The molecule has 0 radical (unpaired) electrons. The van der Waals surface area contributed by atoms with E-state index in [1.54, 1.807) is 11.3 Å². The lowest BCUT2D eigenvalue weighted by molar-refractivity contribution is 0.669. The van der Waals surface area contributed by atoms with Gasteiger partial charge in [-0.2, -0.15) is 0 Å². The summed E-state index contributed by atoms with van der Waals surface area (Å²) in [7, 11) is 0. The molecule has 11 aromatic rings. The maximum atomic E-state index is 6.58. The first-order valence-corrected chi connectivity index (χ1v) is 19.0. The van der Waals surface area contributed by atoms with E-state index in [1.165, 1.54) is 37.7 Å². The predicted octanol–water partition coefficient (Wildman–Crippen LogP) is 14.2. The molecule has 0 saturated heterocycles. The van der Waals surface area contributed by atoms with Crippen molar-refractivity contribution in [3.63, 3.8) is 0 Å². The lowest BCUT2D eigenvalue weighted by Crippen LogP contribution is -1.94. The first-order chi connectivity index (χ1) is 26.7. The maximum Gasteiger partial charge on any atom is 0.161 e. The zero-order chi connectivity index (χ0) is 35.6. The normalized spacial score (nSPS) is 11.7. The summed E-state index contributed by atoms with van der Waals surface area (Å²) in [4.78, 5) is 10.5. The molecule has 0 fully saturated rings. The van der Waals surface area contributed by atoms with Crippen LogP contribution >= 0.6 is 11.3 Å². The molecule has 54 heavy (non-hydrogen) atoms. The minimum absolute atomic E-state index is 0.696. The predicted molar refractivity (Wildman–Crippen MR) is 227 cm³/mol. The number of thiophene rings is 1. The lowest BCUT2D eigenvalue weighted by atomic mass is 9.90. The molecular formula is C50H30N2OS. The van der Waals surface area contributed by atoms with Gasteiger partial charge in [0.25, 0.3) is 0 Å². The molecule has 0 unspecified atom stereocenters. The molecule has 0 aliphatic heterocycles. The van der Waals surface area contributed by atoms with E-state index in [-0.39, 0.29) is 0 Å². The van der Waals surface area contributed by atoms with E-state index in [0.29, 0.717) is 5.82 Å². The third-order valence-electron chi connectivity index (χ3n) is 10.5. The Balaban J connectivity index is 1.02. The molecular weight excluding hydrogens is 677 g/mol. The van der Waals surface area contributed by atoms with Gasteiger partial charge in [-0.15, -0.1) is 11.3 Å². The SMILES string of the molecule is c1ccc(-c2cc3ccccc3cc2-c2ccc(-c3ccc4c(c3)oc3cccc(-c5nc(-c6ccccc6)c6sc7ccccc7c6n5)c34)cc2)cc1. The molecule has 0 saturated carbocycles. The highest BCUT2D eigenvalue weighted by Gasteiger charge is 2.20. The van der Waals surface area contributed by atoms with E-state index in [4.69, 9.17) is 14.4 Å². The Morgan fingerprint density at radius 3 is 1.80 bits per heavy atom. The summed E-state index contributed by atoms with van der Waals surface area (Å²) in [5.41, 5.74) is 12.7. The molecule has 0 spiro atoms. The standard InChI is InChI=1S/C50H30N2OS/c1-3-12-32(13-4-1)41-28-35-16-7-8-17-36(35)29-42(41)33-24-22-31(23-25-33)37-26-27-38-44(30-37)53-43-20-11-19-40(46(38)43)50-51-47(34-14-5-2-6-15-34)49-48(52-50)39-18-9-10-21-45(39)54-49/h1-30H. The Kier molecular flexibility index (Phi) is 7.04. The first kappa shape index (κ1) is 30.7. The van der Waals surface area contributed by atoms with Gasteiger partial charge >= 0.3 is 0 Å². The van der Waals surface area contributed by atoms with Crippen molar-refractivity contribution in [3.05, 3.63) is 182 Å². The van der Waals surface area contributed by atoms with Crippen LogP contribution in [0.15, 0.2) is 186 Å². The van der Waals surface area contributed by atoms with Crippen LogP contribution < -0.4 is 0 Å². The maximum absolute atomic E-state index is 6.58. The zero-order valence-corrected chi connectivity index (χ0v) is 29.8. The minimum Gasteiger partial charge on any atom is -0.456 e. The Morgan fingerprint density at radius 1 is 0.407 bits per heavy atom. The fourth-order valence-corrected chi connectivity index (χ4v) is 9.03. The molecule has 0 amide bonds. The summed E-state index contributed by atoms with van der Waals surface area (Å²) >= 11 is 1.75. The Hall–Kier alpha value is -6.88. The van der Waals surface area contributed by atoms with E-state index in [0.717, 1.165) is 65.5 Å². The first-order valence-electron chi connectivity index (χ1n) is 18.1. The number of hydrogen-bond acceptors (Lipinski definition) is 4. The highest BCUT2D eigenvalue weighted by molar-refractivity contribution is 7.26. The van der Waals surface area contributed by atoms with Gasteiger partial charge in [0.15, 0.2) is 5.82 Å². The summed E-state index contributed by atoms with van der Waals surface area (Å²) in [6, 6.07) is 64.4. The number of aromatic nitrogens is 2. The largest absolute Gasteiger partial charge is 0.456 e. The molecule has 0 aliphatic rings. The quantitative estimate of drug-likeness (QED) is 0.179. The summed E-state index contributed by atoms with van der Waals surface area (Å²) in [5.74, 6) is 0.696. The van der Waals surface area contributed by atoms with Gasteiger partial charge in [0.05, 0.1) is 15.9 Å². The highest BCUT2D eigenvalue weighted by Crippen LogP contribution is 2.43. The zero-order valence-electron chi connectivity index (χ0n) is 29.0. The second-order valence-corrected chi connectivity index (χ2v) is 14.8. The van der Waals surface area contributed by atoms with Crippen LogP contribution in [0.25, 0.3) is 109 Å². The number of furan rings is 1. The molecule has 4 heteroatoms. The van der Waals surface area contributed by atoms with Crippen LogP contribution in [0, 0.1) is 0 Å². The van der Waals surface area contributed by atoms with Crippen LogP contribution in [0.1, 0.15) is 0 Å². The summed E-state index contributed by atoms with van der Waals surface area (Å²) in [6.45, 7) is 0. The Bertz CT molecular complexity index is 3200. The van der Waals surface area contributed by atoms with Gasteiger partial charge in [-0.05, 0) is 80.6 Å². The van der Waals surface area contributed by atoms with Crippen LogP contribution in [0.4, 0.5) is 0 Å². The smallest absolute Gasteiger partial charge is 0.161 e. The van der Waals surface area contributed by atoms with Crippen molar-refractivity contribution in [1.82, 2.24) is 9.97 Å². The lowest BCUT2D eigenvalue weighted by Gasteiger charge is -2.13. The third kappa shape index (κ3) is 5.03. The van der Waals surface area contributed by atoms with Crippen molar-refractivity contribution in [2.75, 3.05) is 0 Å². The van der Waals surface area contributed by atoms with E-state index in [2.05, 4.69) is 164 Å². The topological polar surface area (TPSA) is 38.9 Å². The van der Waals surface area contributed by atoms with Gasteiger partial charge in [-0.1, -0.05) is 146 Å². The number of fused-ring (bicyclic) bond motifs is 7. The van der Waals surface area contributed by atoms with Crippen LogP contribution in [0.3, 0.4) is 0 Å². The molecule has 0 bridgehead atoms. The molecule has 0 N–H and O–H groups in total. The monoisotopic (exact) mass is 706 g/mol. The van der Waals surface area contributed by atoms with Crippen molar-refractivity contribution < 1.29 is 4.42 Å². The fourth-order valence-electron chi connectivity index (χ4n) is 7.87. The van der Waals surface area contributed by atoms with Gasteiger partial charge in [0, 0.05) is 32.0 Å². The Labute approximate surface area is 315 Å². The third-order valence-corrected chi connectivity index (χ3v) is 11.7. The van der Waals surface area contributed by atoms with E-state index in [9.17, 15) is 0 Å². The van der Waals surface area contributed by atoms with Crippen molar-refractivity contribution >= 4 is 64.4 Å². The fraction of sp³-hybridized carbons (Fsp3) is 0. The average Bonchev–Trinajstić information content (AvgIpc) is 3.82. The highest BCUT2D eigenvalue weighted by atomic mass is 32.1. The number of benzene rings is 8. The molecule has 0 aliphatic carbocycles. The second-order valence-electron chi connectivity index (χ2n) is 13.7. The minimum atomic E-state index is 0.696. The average molecular weight is 707 g/mol. The van der Waals surface area contributed by atoms with E-state index in [1.807, 2.05) is 18.2 Å². The van der Waals surface area contributed by atoms with Gasteiger partial charge in [0.2, 0.25) is 0 Å². The van der Waals surface area contributed by atoms with Crippen molar-refractivity contribution in [2.24, 2.45) is 0 Å². The number of hydrogen-bond donors (Lipinski definition) is 0. The molecule has 8 aromatic carbocycles. The van der Waals surface area contributed by atoms with Crippen LogP contribution in [-0.2, 0) is 0 Å². The number of nitrogens with zero attached hydrogens (tertiary/aromatic N) is 2. The second kappa shape index (κ2) is 12.4. The summed E-state index contributed by atoms with van der Waals surface area (Å²) < 4.78 is 8.89. The van der Waals surface area contributed by atoms with Crippen molar-refractivity contribution in [3.8, 4) is 56.0 Å². The Morgan fingerprint density at radius 2 is 1.04 bits per heavy atom. The van der Waals surface area contributed by atoms with Crippen molar-refractivity contribution in [1.29, 1.82) is 0 Å². The summed E-state index contributed by atoms with van der Waals surface area (Å²) in [6.07, 6.45) is 0. The van der Waals surface area contributed by atoms with Crippen molar-refractivity contribution in [2.45, 2.75) is 0 Å².